The first-order valence-electron chi connectivity index (χ1n) is 7.47. The number of aromatic nitrogens is 1. The van der Waals surface area contributed by atoms with E-state index in [0.29, 0.717) is 26.1 Å². The van der Waals surface area contributed by atoms with Gasteiger partial charge in [-0.25, -0.2) is 4.98 Å². The highest BCUT2D eigenvalue weighted by atomic mass is 19.4. The quantitative estimate of drug-likeness (QED) is 0.801. The molecule has 2 N–H and O–H groups in total. The van der Waals surface area contributed by atoms with E-state index in [1.807, 2.05) is 0 Å². The lowest BCUT2D eigenvalue weighted by Gasteiger charge is -2.36. The van der Waals surface area contributed by atoms with Gasteiger partial charge in [0.15, 0.2) is 6.61 Å². The second-order valence-electron chi connectivity index (χ2n) is 5.71. The highest BCUT2D eigenvalue weighted by Gasteiger charge is 2.36. The maximum absolute atomic E-state index is 12.3. The van der Waals surface area contributed by atoms with Crippen molar-refractivity contribution in [3.8, 4) is 5.88 Å². The lowest BCUT2D eigenvalue weighted by Crippen LogP contribution is -2.53. The standard InChI is InChI=1S/C15H17F3N2O5/c16-15(17,18)9-25-11-2-1-10(8-19-11)13(23)20-14(7-12(21)22)3-5-24-6-4-14/h1-2,8H,3-7,9H2,(H,20,23)(H,21,22). The molecule has 1 saturated heterocycles. The molecule has 0 saturated carbocycles. The van der Waals surface area contributed by atoms with Crippen LogP contribution in [0.15, 0.2) is 18.3 Å². The summed E-state index contributed by atoms with van der Waals surface area (Å²) in [5.41, 5.74) is -0.831. The topological polar surface area (TPSA) is 97.8 Å². The van der Waals surface area contributed by atoms with E-state index in [-0.39, 0.29) is 17.9 Å². The molecule has 1 aromatic rings. The van der Waals surface area contributed by atoms with Crippen LogP contribution in [-0.4, -0.2) is 53.5 Å². The average Bonchev–Trinajstić information content (AvgIpc) is 2.52. The molecule has 7 nitrogen and oxygen atoms in total. The molecule has 1 aromatic heterocycles. The molecule has 0 unspecified atom stereocenters. The molecule has 1 aliphatic rings. The van der Waals surface area contributed by atoms with Crippen molar-refractivity contribution in [3.63, 3.8) is 0 Å². The van der Waals surface area contributed by atoms with E-state index in [0.717, 1.165) is 12.3 Å². The average molecular weight is 362 g/mol. The van der Waals surface area contributed by atoms with Gasteiger partial charge >= 0.3 is 12.1 Å². The Kier molecular flexibility index (Phi) is 5.83. The van der Waals surface area contributed by atoms with Gasteiger partial charge in [0.1, 0.15) is 0 Å². The smallest absolute Gasteiger partial charge is 0.422 e. The Bertz CT molecular complexity index is 613. The number of amides is 1. The van der Waals surface area contributed by atoms with Crippen LogP contribution in [0.5, 0.6) is 5.88 Å². The Labute approximate surface area is 141 Å². The summed E-state index contributed by atoms with van der Waals surface area (Å²) in [5.74, 6) is -1.87. The fourth-order valence-corrected chi connectivity index (χ4v) is 2.47. The van der Waals surface area contributed by atoms with Gasteiger partial charge in [-0.1, -0.05) is 0 Å². The molecule has 10 heteroatoms. The predicted molar refractivity (Wildman–Crippen MR) is 78.3 cm³/mol. The molecule has 138 valence electrons. The number of ether oxygens (including phenoxy) is 2. The summed E-state index contributed by atoms with van der Waals surface area (Å²) in [6, 6.07) is 2.41. The minimum Gasteiger partial charge on any atom is -0.481 e. The molecular formula is C15H17F3N2O5. The number of pyridine rings is 1. The molecule has 0 atom stereocenters. The number of carboxylic acids is 1. The third-order valence-electron chi connectivity index (χ3n) is 3.70. The van der Waals surface area contributed by atoms with Gasteiger partial charge in [-0.3, -0.25) is 9.59 Å². The molecular weight excluding hydrogens is 345 g/mol. The molecule has 0 aliphatic carbocycles. The van der Waals surface area contributed by atoms with Crippen LogP contribution in [0.2, 0.25) is 0 Å². The second-order valence-corrected chi connectivity index (χ2v) is 5.71. The number of carboxylic acid groups (broad SMARTS) is 1. The van der Waals surface area contributed by atoms with Crippen molar-refractivity contribution in [2.75, 3.05) is 19.8 Å². The number of hydrogen-bond acceptors (Lipinski definition) is 5. The fraction of sp³-hybridized carbons (Fsp3) is 0.533. The molecule has 1 aliphatic heterocycles. The molecule has 2 heterocycles. The van der Waals surface area contributed by atoms with Crippen molar-refractivity contribution in [2.45, 2.75) is 31.0 Å². The summed E-state index contributed by atoms with van der Waals surface area (Å²) in [6.07, 6.45) is -2.95. The molecule has 0 spiro atoms. The second kappa shape index (κ2) is 7.68. The number of rotatable bonds is 6. The van der Waals surface area contributed by atoms with E-state index in [4.69, 9.17) is 9.84 Å². The number of carbonyl (C=O) groups excluding carboxylic acids is 1. The Morgan fingerprint density at radius 3 is 2.52 bits per heavy atom. The van der Waals surface area contributed by atoms with Gasteiger partial charge in [-0.15, -0.1) is 0 Å². The van der Waals surface area contributed by atoms with E-state index >= 15 is 0 Å². The van der Waals surface area contributed by atoms with Crippen LogP contribution >= 0.6 is 0 Å². The highest BCUT2D eigenvalue weighted by molar-refractivity contribution is 5.94. The summed E-state index contributed by atoms with van der Waals surface area (Å²) in [6.45, 7) is -0.820. The third-order valence-corrected chi connectivity index (χ3v) is 3.70. The first kappa shape index (κ1) is 19.0. The van der Waals surface area contributed by atoms with Crippen molar-refractivity contribution in [1.82, 2.24) is 10.3 Å². The van der Waals surface area contributed by atoms with Crippen molar-refractivity contribution in [2.24, 2.45) is 0 Å². The minimum atomic E-state index is -4.48. The minimum absolute atomic E-state index is 0.0932. The van der Waals surface area contributed by atoms with Crippen LogP contribution in [-0.2, 0) is 9.53 Å². The molecule has 25 heavy (non-hydrogen) atoms. The van der Waals surface area contributed by atoms with Gasteiger partial charge in [0.25, 0.3) is 5.91 Å². The summed E-state index contributed by atoms with van der Waals surface area (Å²) < 4.78 is 45.9. The number of aliphatic carboxylic acids is 1. The Morgan fingerprint density at radius 2 is 2.00 bits per heavy atom. The Hall–Kier alpha value is -2.36. The monoisotopic (exact) mass is 362 g/mol. The van der Waals surface area contributed by atoms with Crippen LogP contribution in [0.4, 0.5) is 13.2 Å². The first-order chi connectivity index (χ1) is 11.7. The van der Waals surface area contributed by atoms with E-state index in [9.17, 15) is 22.8 Å². The SMILES string of the molecule is O=C(O)CC1(NC(=O)c2ccc(OCC(F)(F)F)nc2)CCOCC1. The van der Waals surface area contributed by atoms with Crippen molar-refractivity contribution < 1.29 is 37.3 Å². The normalized spacial score (nSPS) is 16.9. The number of halogens is 3. The summed E-state index contributed by atoms with van der Waals surface area (Å²) in [4.78, 5) is 27.1. The molecule has 2 rings (SSSR count). The highest BCUT2D eigenvalue weighted by Crippen LogP contribution is 2.25. The molecule has 0 aromatic carbocycles. The Balaban J connectivity index is 2.02. The number of hydrogen-bond donors (Lipinski definition) is 2. The lowest BCUT2D eigenvalue weighted by atomic mass is 9.86. The van der Waals surface area contributed by atoms with E-state index in [2.05, 4.69) is 15.0 Å². The predicted octanol–water partition coefficient (Wildman–Crippen LogP) is 1.78. The number of nitrogens with one attached hydrogen (secondary N) is 1. The third kappa shape index (κ3) is 5.89. The van der Waals surface area contributed by atoms with Gasteiger partial charge in [0, 0.05) is 25.5 Å². The fourth-order valence-electron chi connectivity index (χ4n) is 2.47. The van der Waals surface area contributed by atoms with Crippen LogP contribution < -0.4 is 10.1 Å². The number of carbonyl (C=O) groups is 2. The maximum atomic E-state index is 12.3. The zero-order valence-corrected chi connectivity index (χ0v) is 13.1. The van der Waals surface area contributed by atoms with E-state index in [1.165, 1.54) is 6.07 Å². The van der Waals surface area contributed by atoms with Crippen LogP contribution in [0.25, 0.3) is 0 Å². The van der Waals surface area contributed by atoms with Crippen molar-refractivity contribution >= 4 is 11.9 Å². The van der Waals surface area contributed by atoms with Crippen LogP contribution in [0.3, 0.4) is 0 Å². The molecule has 1 fully saturated rings. The van der Waals surface area contributed by atoms with Gasteiger partial charge < -0.3 is 19.9 Å². The van der Waals surface area contributed by atoms with E-state index in [1.54, 1.807) is 0 Å². The van der Waals surface area contributed by atoms with Gasteiger partial charge in [-0.05, 0) is 18.9 Å². The molecule has 1 amide bonds. The largest absolute Gasteiger partial charge is 0.481 e. The van der Waals surface area contributed by atoms with Gasteiger partial charge in [0.05, 0.1) is 17.5 Å². The van der Waals surface area contributed by atoms with E-state index < -0.39 is 30.2 Å². The zero-order chi connectivity index (χ0) is 18.5. The zero-order valence-electron chi connectivity index (χ0n) is 13.1. The van der Waals surface area contributed by atoms with Crippen molar-refractivity contribution in [3.05, 3.63) is 23.9 Å². The summed E-state index contributed by atoms with van der Waals surface area (Å²) in [5, 5.41) is 11.8. The maximum Gasteiger partial charge on any atom is 0.422 e. The molecule has 0 radical (unpaired) electrons. The first-order valence-corrected chi connectivity index (χ1v) is 7.47. The number of nitrogens with zero attached hydrogens (tertiary/aromatic N) is 1. The Morgan fingerprint density at radius 1 is 1.32 bits per heavy atom. The summed E-state index contributed by atoms with van der Waals surface area (Å²) >= 11 is 0. The van der Waals surface area contributed by atoms with Crippen LogP contribution in [0, 0.1) is 0 Å². The van der Waals surface area contributed by atoms with Gasteiger partial charge in [-0.2, -0.15) is 13.2 Å². The summed E-state index contributed by atoms with van der Waals surface area (Å²) in [7, 11) is 0. The van der Waals surface area contributed by atoms with Crippen LogP contribution in [0.1, 0.15) is 29.6 Å². The number of alkyl halides is 3. The van der Waals surface area contributed by atoms with Gasteiger partial charge in [0.2, 0.25) is 5.88 Å². The van der Waals surface area contributed by atoms with Crippen molar-refractivity contribution in [1.29, 1.82) is 0 Å². The molecule has 0 bridgehead atoms. The lowest BCUT2D eigenvalue weighted by molar-refractivity contribution is -0.154.